The Hall–Kier alpha value is -6.96. The maximum absolute atomic E-state index is 11.0. The average molecular weight is 729 g/mol. The molecule has 0 spiro atoms. The van der Waals surface area contributed by atoms with Gasteiger partial charge in [-0.3, -0.25) is 9.13 Å². The second-order valence-electron chi connectivity index (χ2n) is 13.1. The van der Waals surface area contributed by atoms with Gasteiger partial charge in [0.1, 0.15) is 75.5 Å². The van der Waals surface area contributed by atoms with Gasteiger partial charge >= 0.3 is 0 Å². The highest BCUT2D eigenvalue weighted by Crippen LogP contribution is 2.41. The number of ether oxygens (including phenoxy) is 4. The standard InChI is InChI=1S/C40H40N8O6/c1-51-26-12-24(13-27(16-26)52-2)47-19-33(49)35(37(47)41)39-43-18-32(46-39)23-8-6-7-22(11-23)21-54-29-15-25(14-28(17-29)53-3)48-20-34(50)36(38(48)42)40-44-30-9-4-5-10-31(30)45-40/h6-8,11-20,49-50H,4-5,9-10,21,41-42H2,1-3H3,(H,43,46)(H,44,45). The van der Waals surface area contributed by atoms with Gasteiger partial charge in [0.2, 0.25) is 0 Å². The molecule has 8 rings (SSSR count). The zero-order valence-electron chi connectivity index (χ0n) is 30.0. The molecule has 0 aliphatic heterocycles. The van der Waals surface area contributed by atoms with Crippen molar-refractivity contribution in [3.8, 4) is 79.9 Å². The highest BCUT2D eigenvalue weighted by atomic mass is 16.5. The van der Waals surface area contributed by atoms with Gasteiger partial charge in [-0.1, -0.05) is 18.2 Å². The normalized spacial score (nSPS) is 12.4. The Balaban J connectivity index is 1.02. The minimum Gasteiger partial charge on any atom is -0.505 e. The summed E-state index contributed by atoms with van der Waals surface area (Å²) in [5, 5.41) is 21.9. The van der Waals surface area contributed by atoms with Crippen LogP contribution in [0.5, 0.6) is 34.5 Å². The number of hydrogen-bond donors (Lipinski definition) is 6. The number of aromatic nitrogens is 6. The van der Waals surface area contributed by atoms with E-state index in [1.165, 1.54) is 6.20 Å². The van der Waals surface area contributed by atoms with Crippen molar-refractivity contribution in [3.05, 3.63) is 96.2 Å². The van der Waals surface area contributed by atoms with Gasteiger partial charge in [0.05, 0.1) is 62.7 Å². The van der Waals surface area contributed by atoms with E-state index in [0.29, 0.717) is 63.0 Å². The van der Waals surface area contributed by atoms with Crippen molar-refractivity contribution in [2.45, 2.75) is 32.3 Å². The number of hydrogen-bond acceptors (Lipinski definition) is 10. The molecule has 1 aliphatic carbocycles. The number of fused-ring (bicyclic) bond motifs is 1. The summed E-state index contributed by atoms with van der Waals surface area (Å²) in [6.07, 6.45) is 8.84. The van der Waals surface area contributed by atoms with Crippen LogP contribution >= 0.6 is 0 Å². The molecular formula is C40H40N8O6. The Morgan fingerprint density at radius 2 is 1.31 bits per heavy atom. The first-order chi connectivity index (χ1) is 26.2. The van der Waals surface area contributed by atoms with Crippen LogP contribution in [0.1, 0.15) is 29.8 Å². The molecule has 7 aromatic rings. The lowest BCUT2D eigenvalue weighted by Crippen LogP contribution is -2.02. The Morgan fingerprint density at radius 3 is 1.94 bits per heavy atom. The summed E-state index contributed by atoms with van der Waals surface area (Å²) in [5.41, 5.74) is 19.9. The zero-order chi connectivity index (χ0) is 37.5. The van der Waals surface area contributed by atoms with E-state index in [1.807, 2.05) is 36.4 Å². The second-order valence-corrected chi connectivity index (χ2v) is 13.1. The topological polar surface area (TPSA) is 197 Å². The van der Waals surface area contributed by atoms with Crippen LogP contribution in [-0.2, 0) is 19.4 Å². The summed E-state index contributed by atoms with van der Waals surface area (Å²) < 4.78 is 26.0. The van der Waals surface area contributed by atoms with Gasteiger partial charge in [-0.2, -0.15) is 0 Å². The van der Waals surface area contributed by atoms with E-state index in [4.69, 9.17) is 35.4 Å². The third-order valence-corrected chi connectivity index (χ3v) is 9.69. The molecule has 276 valence electrons. The van der Waals surface area contributed by atoms with Gasteiger partial charge in [0.25, 0.3) is 0 Å². The van der Waals surface area contributed by atoms with Crippen LogP contribution in [0, 0.1) is 0 Å². The molecule has 0 amide bonds. The molecule has 1 aliphatic rings. The maximum Gasteiger partial charge on any atom is 0.146 e. The number of nitrogens with zero attached hydrogens (tertiary/aromatic N) is 4. The second kappa shape index (κ2) is 13.9. The number of anilines is 2. The Bertz CT molecular complexity index is 2450. The van der Waals surface area contributed by atoms with Gasteiger partial charge < -0.3 is 50.6 Å². The van der Waals surface area contributed by atoms with Gasteiger partial charge in [-0.25, -0.2) is 9.97 Å². The van der Waals surface area contributed by atoms with E-state index in [0.717, 1.165) is 53.9 Å². The number of rotatable bonds is 11. The molecular weight excluding hydrogens is 688 g/mol. The summed E-state index contributed by atoms with van der Waals surface area (Å²) >= 11 is 0. The molecule has 0 saturated heterocycles. The lowest BCUT2D eigenvalue weighted by Gasteiger charge is -2.13. The smallest absolute Gasteiger partial charge is 0.146 e. The average Bonchev–Trinajstić information content (AvgIpc) is 3.97. The molecule has 3 aromatic carbocycles. The number of methoxy groups -OCH3 is 3. The van der Waals surface area contributed by atoms with E-state index in [9.17, 15) is 10.2 Å². The van der Waals surface area contributed by atoms with Crippen molar-refractivity contribution >= 4 is 11.6 Å². The maximum atomic E-state index is 11.0. The third kappa shape index (κ3) is 6.27. The van der Waals surface area contributed by atoms with Crippen LogP contribution in [0.3, 0.4) is 0 Å². The van der Waals surface area contributed by atoms with Crippen molar-refractivity contribution in [3.63, 3.8) is 0 Å². The number of aromatic hydroxyl groups is 2. The summed E-state index contributed by atoms with van der Waals surface area (Å²) in [7, 11) is 4.72. The van der Waals surface area contributed by atoms with E-state index in [2.05, 4.69) is 15.0 Å². The fourth-order valence-corrected chi connectivity index (χ4v) is 6.92. The minimum absolute atomic E-state index is 0.0238. The summed E-state index contributed by atoms with van der Waals surface area (Å²) in [5.74, 6) is 3.86. The largest absolute Gasteiger partial charge is 0.505 e. The van der Waals surface area contributed by atoms with Crippen molar-refractivity contribution in [2.24, 2.45) is 0 Å². The first kappa shape index (κ1) is 34.1. The van der Waals surface area contributed by atoms with Gasteiger partial charge in [0, 0.05) is 42.1 Å². The Morgan fingerprint density at radius 1 is 0.722 bits per heavy atom. The molecule has 0 bridgehead atoms. The molecule has 0 atom stereocenters. The van der Waals surface area contributed by atoms with Crippen LogP contribution in [0.4, 0.5) is 11.6 Å². The van der Waals surface area contributed by atoms with E-state index in [-0.39, 0.29) is 23.9 Å². The molecule has 14 heteroatoms. The number of benzene rings is 3. The highest BCUT2D eigenvalue weighted by molar-refractivity contribution is 5.80. The van der Waals surface area contributed by atoms with Crippen molar-refractivity contribution in [1.82, 2.24) is 29.1 Å². The molecule has 8 N–H and O–H groups in total. The number of aryl methyl sites for hydroxylation is 2. The fraction of sp³-hybridized carbons (Fsp3) is 0.200. The van der Waals surface area contributed by atoms with Crippen LogP contribution in [-0.4, -0.2) is 60.6 Å². The Labute approximate surface area is 310 Å². The number of nitrogen functional groups attached to an aromatic ring is 2. The molecule has 0 unspecified atom stereocenters. The van der Waals surface area contributed by atoms with E-state index in [1.54, 1.807) is 67.1 Å². The molecule has 54 heavy (non-hydrogen) atoms. The van der Waals surface area contributed by atoms with Crippen LogP contribution < -0.4 is 30.4 Å². The fourth-order valence-electron chi connectivity index (χ4n) is 6.92. The van der Waals surface area contributed by atoms with Crippen LogP contribution in [0.15, 0.2) is 79.3 Å². The van der Waals surface area contributed by atoms with Gasteiger partial charge in [-0.05, 0) is 42.9 Å². The highest BCUT2D eigenvalue weighted by Gasteiger charge is 2.23. The quantitative estimate of drug-likeness (QED) is 0.0827. The third-order valence-electron chi connectivity index (χ3n) is 9.69. The number of H-pyrrole nitrogens is 2. The number of aromatic amines is 2. The number of imidazole rings is 2. The first-order valence-electron chi connectivity index (χ1n) is 17.4. The lowest BCUT2D eigenvalue weighted by molar-refractivity contribution is 0.303. The Kier molecular flexibility index (Phi) is 8.77. The summed E-state index contributed by atoms with van der Waals surface area (Å²) in [4.78, 5) is 16.0. The molecule has 4 aromatic heterocycles. The number of nitrogens with two attached hydrogens (primary N) is 2. The predicted octanol–water partition coefficient (Wildman–Crippen LogP) is 6.77. The van der Waals surface area contributed by atoms with Crippen molar-refractivity contribution < 1.29 is 29.2 Å². The van der Waals surface area contributed by atoms with Crippen LogP contribution in [0.2, 0.25) is 0 Å². The van der Waals surface area contributed by atoms with Crippen LogP contribution in [0.25, 0.3) is 45.4 Å². The molecule has 0 radical (unpaired) electrons. The predicted molar refractivity (Wildman–Crippen MR) is 205 cm³/mol. The SMILES string of the molecule is COc1cc(OC)cc(-n2cc(O)c(-c3ncc(-c4cccc(COc5cc(OC)cc(-n6cc(O)c(-c7nc8c([nH]7)CCCC8)c6N)c5)c4)[nH]3)c2N)c1. The van der Waals surface area contributed by atoms with Gasteiger partial charge in [0.15, 0.2) is 0 Å². The van der Waals surface area contributed by atoms with Gasteiger partial charge in [-0.15, -0.1) is 0 Å². The number of nitrogens with one attached hydrogen (secondary N) is 2. The molecule has 0 fully saturated rings. The first-order valence-corrected chi connectivity index (χ1v) is 17.4. The van der Waals surface area contributed by atoms with E-state index >= 15 is 0 Å². The summed E-state index contributed by atoms with van der Waals surface area (Å²) in [6.45, 7) is 0.248. The minimum atomic E-state index is -0.0391. The monoisotopic (exact) mass is 728 g/mol. The van der Waals surface area contributed by atoms with Crippen molar-refractivity contribution in [1.29, 1.82) is 0 Å². The van der Waals surface area contributed by atoms with Crippen molar-refractivity contribution in [2.75, 3.05) is 32.8 Å². The van der Waals surface area contributed by atoms with E-state index < -0.39 is 0 Å². The summed E-state index contributed by atoms with van der Waals surface area (Å²) in [6, 6.07) is 18.6. The lowest BCUT2D eigenvalue weighted by atomic mass is 10.0. The molecule has 4 heterocycles. The molecule has 14 nitrogen and oxygen atoms in total. The molecule has 0 saturated carbocycles. The zero-order valence-corrected chi connectivity index (χ0v) is 30.0.